The Bertz CT molecular complexity index is 924. The fraction of sp³-hybridized carbons (Fsp3) is 0.250. The van der Waals surface area contributed by atoms with Gasteiger partial charge in [0.05, 0.1) is 5.71 Å². The minimum absolute atomic E-state index is 0.00531. The highest BCUT2D eigenvalue weighted by molar-refractivity contribution is 6.06. The predicted molar refractivity (Wildman–Crippen MR) is 98.9 cm³/mol. The molecule has 7 heteroatoms. The first-order chi connectivity index (χ1) is 13.1. The summed E-state index contributed by atoms with van der Waals surface area (Å²) in [5.74, 6) is -0.608. The molecule has 2 N–H and O–H groups in total. The monoisotopic (exact) mass is 367 g/mol. The van der Waals surface area contributed by atoms with Crippen LogP contribution in [0.15, 0.2) is 53.7 Å². The second-order valence-corrected chi connectivity index (χ2v) is 6.68. The van der Waals surface area contributed by atoms with Gasteiger partial charge in [0.25, 0.3) is 5.91 Å². The van der Waals surface area contributed by atoms with Crippen LogP contribution in [0.2, 0.25) is 0 Å². The normalized spacial score (nSPS) is 18.4. The van der Waals surface area contributed by atoms with Crippen LogP contribution in [0.25, 0.3) is 0 Å². The second kappa shape index (κ2) is 7.19. The summed E-state index contributed by atoms with van der Waals surface area (Å²) in [4.78, 5) is 29.5. The Morgan fingerprint density at radius 2 is 1.70 bits per heavy atom. The number of nitrogens with one attached hydrogen (secondary N) is 2. The van der Waals surface area contributed by atoms with Gasteiger partial charge in [0.15, 0.2) is 0 Å². The molecule has 6 nitrogen and oxygen atoms in total. The Kier molecular flexibility index (Phi) is 4.58. The molecule has 0 spiro atoms. The molecular weight excluding hydrogens is 349 g/mol. The highest BCUT2D eigenvalue weighted by Gasteiger charge is 2.30. The van der Waals surface area contributed by atoms with E-state index in [2.05, 4.69) is 15.8 Å². The number of hydrogen-bond acceptors (Lipinski definition) is 4. The number of hydrogen-bond donors (Lipinski definition) is 2. The van der Waals surface area contributed by atoms with Crippen molar-refractivity contribution >= 4 is 28.9 Å². The number of benzene rings is 2. The molecule has 2 aromatic rings. The van der Waals surface area contributed by atoms with Crippen molar-refractivity contribution in [2.24, 2.45) is 11.1 Å². The first-order valence-electron chi connectivity index (χ1n) is 8.79. The number of anilines is 2. The van der Waals surface area contributed by atoms with E-state index in [0.29, 0.717) is 22.6 Å². The molecular formula is C20H18FN3O3. The molecule has 0 bridgehead atoms. The Labute approximate surface area is 155 Å². The van der Waals surface area contributed by atoms with E-state index in [9.17, 15) is 14.0 Å². The van der Waals surface area contributed by atoms with E-state index < -0.39 is 6.10 Å². The molecule has 1 aliphatic carbocycles. The number of carbonyl (C=O) groups excluding carboxylic acids is 2. The average molecular weight is 367 g/mol. The molecule has 2 amide bonds. The van der Waals surface area contributed by atoms with Crippen molar-refractivity contribution < 1.29 is 18.8 Å². The smallest absolute Gasteiger partial charge is 0.268 e. The maximum Gasteiger partial charge on any atom is 0.268 e. The molecule has 1 atom stereocenters. The molecule has 138 valence electrons. The summed E-state index contributed by atoms with van der Waals surface area (Å²) >= 11 is 0. The van der Waals surface area contributed by atoms with Gasteiger partial charge in [-0.3, -0.25) is 9.59 Å². The maximum absolute atomic E-state index is 13.3. The molecule has 27 heavy (non-hydrogen) atoms. The quantitative estimate of drug-likeness (QED) is 0.851. The zero-order valence-electron chi connectivity index (χ0n) is 14.4. The maximum atomic E-state index is 13.3. The van der Waals surface area contributed by atoms with Crippen molar-refractivity contribution in [3.05, 3.63) is 59.9 Å². The number of halogens is 1. The summed E-state index contributed by atoms with van der Waals surface area (Å²) in [7, 11) is 0. The SMILES string of the molecule is O=C(Nc1cccc(NC(=O)C2CC(c3cccc(F)c3)=NO2)c1)C1CC1. The van der Waals surface area contributed by atoms with Gasteiger partial charge >= 0.3 is 0 Å². The topological polar surface area (TPSA) is 79.8 Å². The zero-order valence-corrected chi connectivity index (χ0v) is 14.4. The number of oxime groups is 1. The van der Waals surface area contributed by atoms with Crippen molar-refractivity contribution in [3.63, 3.8) is 0 Å². The van der Waals surface area contributed by atoms with Gasteiger partial charge in [-0.2, -0.15) is 0 Å². The van der Waals surface area contributed by atoms with Gasteiger partial charge in [0, 0.05) is 29.3 Å². The van der Waals surface area contributed by atoms with Crippen LogP contribution < -0.4 is 10.6 Å². The Hall–Kier alpha value is -3.22. The van der Waals surface area contributed by atoms with E-state index in [1.54, 1.807) is 36.4 Å². The van der Waals surface area contributed by atoms with Crippen LogP contribution in [0.1, 0.15) is 24.8 Å². The summed E-state index contributed by atoms with van der Waals surface area (Å²) in [6.45, 7) is 0. The summed E-state index contributed by atoms with van der Waals surface area (Å²) in [6, 6.07) is 13.0. The molecule has 4 rings (SSSR count). The lowest BCUT2D eigenvalue weighted by molar-refractivity contribution is -0.125. The number of nitrogens with zero attached hydrogens (tertiary/aromatic N) is 1. The van der Waals surface area contributed by atoms with Crippen molar-refractivity contribution in [1.29, 1.82) is 0 Å². The third-order valence-electron chi connectivity index (χ3n) is 4.46. The molecule has 0 saturated heterocycles. The van der Waals surface area contributed by atoms with E-state index in [0.717, 1.165) is 12.8 Å². The Balaban J connectivity index is 1.36. The fourth-order valence-corrected chi connectivity index (χ4v) is 2.84. The van der Waals surface area contributed by atoms with Crippen molar-refractivity contribution in [2.75, 3.05) is 10.6 Å². The van der Waals surface area contributed by atoms with Gasteiger partial charge in [-0.25, -0.2) is 4.39 Å². The third kappa shape index (κ3) is 4.13. The largest absolute Gasteiger partial charge is 0.382 e. The zero-order chi connectivity index (χ0) is 18.8. The molecule has 1 aliphatic heterocycles. The van der Waals surface area contributed by atoms with Crippen molar-refractivity contribution in [2.45, 2.75) is 25.4 Å². The summed E-state index contributed by atoms with van der Waals surface area (Å²) in [5.41, 5.74) is 2.31. The van der Waals surface area contributed by atoms with Gasteiger partial charge in [0.2, 0.25) is 12.0 Å². The molecule has 1 unspecified atom stereocenters. The number of rotatable bonds is 5. The number of carbonyl (C=O) groups is 2. The van der Waals surface area contributed by atoms with Gasteiger partial charge in [-0.05, 0) is 43.2 Å². The highest BCUT2D eigenvalue weighted by Crippen LogP contribution is 2.30. The lowest BCUT2D eigenvalue weighted by Crippen LogP contribution is -2.28. The molecule has 2 aromatic carbocycles. The summed E-state index contributed by atoms with van der Waals surface area (Å²) < 4.78 is 13.3. The standard InChI is InChI=1S/C20H18FN3O3/c21-14-4-1-3-13(9-14)17-11-18(27-24-17)20(26)23-16-6-2-5-15(10-16)22-19(25)12-7-8-12/h1-6,9-10,12,18H,7-8,11H2,(H,22,25)(H,23,26). The average Bonchev–Trinajstić information content (AvgIpc) is 3.39. The van der Waals surface area contributed by atoms with Crippen LogP contribution in [0.5, 0.6) is 0 Å². The van der Waals surface area contributed by atoms with Crippen LogP contribution in [0, 0.1) is 11.7 Å². The summed E-state index contributed by atoms with van der Waals surface area (Å²) in [5, 5.41) is 9.51. The van der Waals surface area contributed by atoms with Gasteiger partial charge in [0.1, 0.15) is 5.82 Å². The molecule has 2 aliphatic rings. The first kappa shape index (κ1) is 17.2. The first-order valence-corrected chi connectivity index (χ1v) is 8.79. The van der Waals surface area contributed by atoms with E-state index >= 15 is 0 Å². The van der Waals surface area contributed by atoms with Gasteiger partial charge < -0.3 is 15.5 Å². The van der Waals surface area contributed by atoms with Crippen molar-refractivity contribution in [1.82, 2.24) is 0 Å². The minimum atomic E-state index is -0.784. The van der Waals surface area contributed by atoms with Crippen molar-refractivity contribution in [3.8, 4) is 0 Å². The molecule has 1 saturated carbocycles. The van der Waals surface area contributed by atoms with E-state index in [1.807, 2.05) is 0 Å². The fourth-order valence-electron chi connectivity index (χ4n) is 2.84. The van der Waals surface area contributed by atoms with Crippen LogP contribution in [-0.4, -0.2) is 23.6 Å². The van der Waals surface area contributed by atoms with E-state index in [-0.39, 0.29) is 30.0 Å². The minimum Gasteiger partial charge on any atom is -0.382 e. The highest BCUT2D eigenvalue weighted by atomic mass is 19.1. The number of amides is 2. The Morgan fingerprint density at radius 3 is 2.41 bits per heavy atom. The molecule has 1 heterocycles. The van der Waals surface area contributed by atoms with Crippen LogP contribution in [0.4, 0.5) is 15.8 Å². The van der Waals surface area contributed by atoms with E-state index in [1.165, 1.54) is 12.1 Å². The molecule has 0 radical (unpaired) electrons. The lowest BCUT2D eigenvalue weighted by Gasteiger charge is -2.11. The van der Waals surface area contributed by atoms with Gasteiger partial charge in [-0.1, -0.05) is 23.4 Å². The van der Waals surface area contributed by atoms with Crippen LogP contribution in [-0.2, 0) is 14.4 Å². The Morgan fingerprint density at radius 1 is 1.00 bits per heavy atom. The summed E-state index contributed by atoms with van der Waals surface area (Å²) in [6.07, 6.45) is 1.32. The van der Waals surface area contributed by atoms with Crippen LogP contribution >= 0.6 is 0 Å². The lowest BCUT2D eigenvalue weighted by atomic mass is 10.0. The van der Waals surface area contributed by atoms with Crippen LogP contribution in [0.3, 0.4) is 0 Å². The second-order valence-electron chi connectivity index (χ2n) is 6.68. The predicted octanol–water partition coefficient (Wildman–Crippen LogP) is 3.31. The van der Waals surface area contributed by atoms with E-state index in [4.69, 9.17) is 4.84 Å². The molecule has 1 fully saturated rings. The molecule has 0 aromatic heterocycles. The third-order valence-corrected chi connectivity index (χ3v) is 4.46. The van der Waals surface area contributed by atoms with Gasteiger partial charge in [-0.15, -0.1) is 0 Å².